The van der Waals surface area contributed by atoms with Gasteiger partial charge in [0.05, 0.1) is 11.8 Å². The van der Waals surface area contributed by atoms with E-state index < -0.39 is 10.0 Å². The van der Waals surface area contributed by atoms with Gasteiger partial charge < -0.3 is 9.32 Å². The van der Waals surface area contributed by atoms with E-state index in [0.29, 0.717) is 16.9 Å². The van der Waals surface area contributed by atoms with Crippen molar-refractivity contribution in [1.82, 2.24) is 15.1 Å². The zero-order chi connectivity index (χ0) is 20.6. The molecule has 0 saturated heterocycles. The molecule has 0 saturated carbocycles. The molecule has 0 atom stereocenters. The van der Waals surface area contributed by atoms with Crippen LogP contribution in [-0.4, -0.2) is 43.5 Å². The molecule has 0 aliphatic carbocycles. The number of carbonyl (C=O) groups excluding carboxylic acids is 1. The average Bonchev–Trinajstić information content (AvgIpc) is 3.23. The first-order valence-electron chi connectivity index (χ1n) is 8.56. The second-order valence-electron chi connectivity index (χ2n) is 6.79. The summed E-state index contributed by atoms with van der Waals surface area (Å²) in [5, 5.41) is 6.60. The Bertz CT molecular complexity index is 1140. The Morgan fingerprint density at radius 3 is 2.50 bits per heavy atom. The quantitative estimate of drug-likeness (QED) is 0.682. The summed E-state index contributed by atoms with van der Waals surface area (Å²) >= 11 is 0. The molecule has 1 aromatic carbocycles. The number of aryl methyl sites for hydroxylation is 3. The van der Waals surface area contributed by atoms with Gasteiger partial charge in [-0.15, -0.1) is 0 Å². The van der Waals surface area contributed by atoms with Gasteiger partial charge in [0.1, 0.15) is 16.3 Å². The predicted molar refractivity (Wildman–Crippen MR) is 106 cm³/mol. The first kappa shape index (κ1) is 19.7. The van der Waals surface area contributed by atoms with Crippen molar-refractivity contribution in [3.05, 3.63) is 52.9 Å². The minimum absolute atomic E-state index is 0.00131. The molecule has 0 fully saturated rings. The molecule has 1 amide bonds. The maximum Gasteiger partial charge on any atom is 0.265 e. The molecule has 3 rings (SSSR count). The topological polar surface area (TPSA) is 108 Å². The lowest BCUT2D eigenvalue weighted by Crippen LogP contribution is -2.21. The van der Waals surface area contributed by atoms with E-state index in [2.05, 4.69) is 14.9 Å². The molecular weight excluding hydrogens is 380 g/mol. The number of hydrogen-bond acceptors (Lipinski definition) is 5. The Hall–Kier alpha value is -3.07. The lowest BCUT2D eigenvalue weighted by Gasteiger charge is -2.09. The Balaban J connectivity index is 1.97. The zero-order valence-electron chi connectivity index (χ0n) is 16.3. The molecule has 0 bridgehead atoms. The Morgan fingerprint density at radius 2 is 1.86 bits per heavy atom. The number of anilines is 1. The fourth-order valence-electron chi connectivity index (χ4n) is 2.75. The third kappa shape index (κ3) is 3.65. The summed E-state index contributed by atoms with van der Waals surface area (Å²) in [7, 11) is -0.625. The van der Waals surface area contributed by atoms with Gasteiger partial charge in [0.15, 0.2) is 5.76 Å². The third-order valence-corrected chi connectivity index (χ3v) is 5.93. The molecule has 0 aliphatic heterocycles. The fraction of sp³-hybridized carbons (Fsp3) is 0.263. The second kappa shape index (κ2) is 7.16. The number of benzene rings is 1. The summed E-state index contributed by atoms with van der Waals surface area (Å²) in [5.41, 5.74) is 3.14. The van der Waals surface area contributed by atoms with Crippen LogP contribution in [0.15, 0.2) is 39.8 Å². The van der Waals surface area contributed by atoms with Crippen molar-refractivity contribution in [2.75, 3.05) is 18.8 Å². The number of H-pyrrole nitrogens is 1. The zero-order valence-corrected chi connectivity index (χ0v) is 17.1. The molecule has 3 aromatic rings. The predicted octanol–water partition coefficient (Wildman–Crippen LogP) is 3.10. The van der Waals surface area contributed by atoms with Crippen LogP contribution < -0.4 is 4.72 Å². The van der Waals surface area contributed by atoms with Gasteiger partial charge in [-0.1, -0.05) is 6.07 Å². The van der Waals surface area contributed by atoms with Crippen LogP contribution in [0.2, 0.25) is 0 Å². The molecule has 0 unspecified atom stereocenters. The molecule has 9 heteroatoms. The molecule has 0 spiro atoms. The van der Waals surface area contributed by atoms with E-state index in [-0.39, 0.29) is 22.3 Å². The van der Waals surface area contributed by atoms with Gasteiger partial charge in [-0.25, -0.2) is 8.42 Å². The van der Waals surface area contributed by atoms with Crippen molar-refractivity contribution in [2.24, 2.45) is 0 Å². The molecule has 2 aromatic heterocycles. The molecular formula is C19H22N4O4S. The van der Waals surface area contributed by atoms with Crippen LogP contribution in [0.1, 0.15) is 27.2 Å². The van der Waals surface area contributed by atoms with E-state index in [1.54, 1.807) is 33.2 Å². The maximum atomic E-state index is 12.9. The van der Waals surface area contributed by atoms with E-state index in [4.69, 9.17) is 4.42 Å². The van der Waals surface area contributed by atoms with Crippen LogP contribution in [0, 0.1) is 20.8 Å². The Morgan fingerprint density at radius 1 is 1.14 bits per heavy atom. The number of amides is 1. The first-order valence-corrected chi connectivity index (χ1v) is 10.0. The first-order chi connectivity index (χ1) is 13.1. The Labute approximate surface area is 163 Å². The largest absolute Gasteiger partial charge is 0.458 e. The number of carbonyl (C=O) groups is 1. The van der Waals surface area contributed by atoms with Crippen molar-refractivity contribution in [3.63, 3.8) is 0 Å². The van der Waals surface area contributed by atoms with E-state index in [9.17, 15) is 13.2 Å². The number of nitrogens with one attached hydrogen (secondary N) is 2. The maximum absolute atomic E-state index is 12.9. The minimum atomic E-state index is -3.87. The number of aromatic nitrogens is 2. The van der Waals surface area contributed by atoms with Crippen LogP contribution in [0.5, 0.6) is 0 Å². The highest BCUT2D eigenvalue weighted by atomic mass is 32.2. The van der Waals surface area contributed by atoms with Gasteiger partial charge in [0.2, 0.25) is 0 Å². The summed E-state index contributed by atoms with van der Waals surface area (Å²) in [6.45, 7) is 5.43. The van der Waals surface area contributed by atoms with Crippen LogP contribution in [0.25, 0.3) is 11.5 Å². The third-order valence-electron chi connectivity index (χ3n) is 4.44. The number of hydrogen-bond donors (Lipinski definition) is 2. The minimum Gasteiger partial charge on any atom is -0.458 e. The van der Waals surface area contributed by atoms with E-state index in [0.717, 1.165) is 11.1 Å². The molecule has 148 valence electrons. The van der Waals surface area contributed by atoms with Gasteiger partial charge in [0.25, 0.3) is 15.9 Å². The normalized spacial score (nSPS) is 11.5. The lowest BCUT2D eigenvalue weighted by molar-refractivity contribution is 0.0828. The smallest absolute Gasteiger partial charge is 0.265 e. The van der Waals surface area contributed by atoms with E-state index >= 15 is 0 Å². The molecule has 28 heavy (non-hydrogen) atoms. The molecule has 0 aliphatic rings. The van der Waals surface area contributed by atoms with Crippen LogP contribution in [0.3, 0.4) is 0 Å². The van der Waals surface area contributed by atoms with Crippen LogP contribution in [-0.2, 0) is 10.0 Å². The van der Waals surface area contributed by atoms with E-state index in [1.807, 2.05) is 19.9 Å². The fourth-order valence-corrected chi connectivity index (χ4v) is 3.98. The molecule has 2 heterocycles. The van der Waals surface area contributed by atoms with Gasteiger partial charge >= 0.3 is 0 Å². The highest BCUT2D eigenvalue weighted by Crippen LogP contribution is 2.30. The van der Waals surface area contributed by atoms with Crippen molar-refractivity contribution >= 4 is 21.6 Å². The highest BCUT2D eigenvalue weighted by molar-refractivity contribution is 7.92. The molecule has 8 nitrogen and oxygen atoms in total. The standard InChI is InChI=1S/C19H22N4O4S/c1-11-6-7-14(8-12(11)2)22-28(25,26)17-9-16(27-13(17)3)18-15(10-20-21-18)19(24)23(4)5/h6-10,22H,1-5H3,(H,20,21). The summed E-state index contributed by atoms with van der Waals surface area (Å²) in [6.07, 6.45) is 1.39. The van der Waals surface area contributed by atoms with Crippen molar-refractivity contribution in [1.29, 1.82) is 0 Å². The summed E-state index contributed by atoms with van der Waals surface area (Å²) in [4.78, 5) is 13.7. The second-order valence-corrected chi connectivity index (χ2v) is 8.44. The number of furan rings is 1. The van der Waals surface area contributed by atoms with Crippen molar-refractivity contribution < 1.29 is 17.6 Å². The summed E-state index contributed by atoms with van der Waals surface area (Å²) in [5.74, 6) is 0.167. The monoisotopic (exact) mass is 402 g/mol. The van der Waals surface area contributed by atoms with Gasteiger partial charge in [-0.3, -0.25) is 14.6 Å². The molecule has 0 radical (unpaired) electrons. The summed E-state index contributed by atoms with van der Waals surface area (Å²) in [6, 6.07) is 6.72. The van der Waals surface area contributed by atoms with Gasteiger partial charge in [-0.05, 0) is 44.0 Å². The van der Waals surface area contributed by atoms with Crippen LogP contribution in [0.4, 0.5) is 5.69 Å². The van der Waals surface area contributed by atoms with Crippen LogP contribution >= 0.6 is 0 Å². The summed E-state index contributed by atoms with van der Waals surface area (Å²) < 4.78 is 33.9. The van der Waals surface area contributed by atoms with Gasteiger partial charge in [0, 0.05) is 25.8 Å². The number of rotatable bonds is 5. The number of sulfonamides is 1. The SMILES string of the molecule is Cc1ccc(NS(=O)(=O)c2cc(-c3[nH]ncc3C(=O)N(C)C)oc2C)cc1C. The molecule has 2 N–H and O–H groups in total. The van der Waals surface area contributed by atoms with Crippen molar-refractivity contribution in [3.8, 4) is 11.5 Å². The average molecular weight is 402 g/mol. The van der Waals surface area contributed by atoms with Gasteiger partial charge in [-0.2, -0.15) is 5.10 Å². The lowest BCUT2D eigenvalue weighted by atomic mass is 10.1. The van der Waals surface area contributed by atoms with E-state index in [1.165, 1.54) is 17.2 Å². The highest BCUT2D eigenvalue weighted by Gasteiger charge is 2.25. The van der Waals surface area contributed by atoms with Crippen molar-refractivity contribution in [2.45, 2.75) is 25.7 Å². The Kier molecular flexibility index (Phi) is 5.03. The number of aromatic amines is 1. The number of nitrogens with zero attached hydrogens (tertiary/aromatic N) is 2.